The Kier molecular flexibility index (Phi) is 1.98. The molecule has 0 amide bonds. The molecule has 0 radical (unpaired) electrons. The van der Waals surface area contributed by atoms with Gasteiger partial charge in [0.05, 0.1) is 0 Å². The van der Waals surface area contributed by atoms with Crippen LogP contribution in [0.4, 0.5) is 0 Å². The standard InChI is InChI=1S/C11H13ClN2/c12-10-6-9(5-7-1-2-7)13-11(14-10)8-3-4-8/h6-8H,1-5H2. The first-order valence-electron chi connectivity index (χ1n) is 5.34. The van der Waals surface area contributed by atoms with Gasteiger partial charge in [0.1, 0.15) is 11.0 Å². The van der Waals surface area contributed by atoms with Gasteiger partial charge in [-0.3, -0.25) is 0 Å². The van der Waals surface area contributed by atoms with Gasteiger partial charge in [-0.15, -0.1) is 0 Å². The van der Waals surface area contributed by atoms with Gasteiger partial charge in [-0.2, -0.15) is 0 Å². The molecule has 0 N–H and O–H groups in total. The molecule has 1 aromatic rings. The van der Waals surface area contributed by atoms with Crippen LogP contribution in [-0.4, -0.2) is 9.97 Å². The average molecular weight is 209 g/mol. The van der Waals surface area contributed by atoms with E-state index in [1.807, 2.05) is 6.07 Å². The summed E-state index contributed by atoms with van der Waals surface area (Å²) in [6.45, 7) is 0. The van der Waals surface area contributed by atoms with Crippen molar-refractivity contribution in [2.45, 2.75) is 38.0 Å². The van der Waals surface area contributed by atoms with Crippen LogP contribution in [0.15, 0.2) is 6.07 Å². The van der Waals surface area contributed by atoms with Crippen molar-refractivity contribution in [1.82, 2.24) is 9.97 Å². The molecule has 0 atom stereocenters. The fourth-order valence-electron chi connectivity index (χ4n) is 1.73. The van der Waals surface area contributed by atoms with E-state index in [-0.39, 0.29) is 0 Å². The van der Waals surface area contributed by atoms with Crippen LogP contribution >= 0.6 is 11.6 Å². The zero-order valence-corrected chi connectivity index (χ0v) is 8.80. The lowest BCUT2D eigenvalue weighted by atomic mass is 10.2. The molecule has 0 aliphatic heterocycles. The molecule has 2 fully saturated rings. The molecule has 74 valence electrons. The van der Waals surface area contributed by atoms with E-state index in [0.717, 1.165) is 23.9 Å². The molecule has 2 saturated carbocycles. The highest BCUT2D eigenvalue weighted by atomic mass is 35.5. The third kappa shape index (κ3) is 1.90. The first-order chi connectivity index (χ1) is 6.81. The first-order valence-corrected chi connectivity index (χ1v) is 5.72. The predicted octanol–water partition coefficient (Wildman–Crippen LogP) is 2.96. The Bertz CT molecular complexity index is 356. The van der Waals surface area contributed by atoms with Gasteiger partial charge >= 0.3 is 0 Å². The molecule has 2 aliphatic carbocycles. The van der Waals surface area contributed by atoms with Crippen LogP contribution in [0.25, 0.3) is 0 Å². The molecule has 3 heteroatoms. The number of hydrogen-bond donors (Lipinski definition) is 0. The topological polar surface area (TPSA) is 25.8 Å². The van der Waals surface area contributed by atoms with Crippen LogP contribution in [0.2, 0.25) is 5.15 Å². The number of aromatic nitrogens is 2. The second-order valence-electron chi connectivity index (χ2n) is 4.46. The summed E-state index contributed by atoms with van der Waals surface area (Å²) in [7, 11) is 0. The Morgan fingerprint density at radius 1 is 1.21 bits per heavy atom. The van der Waals surface area contributed by atoms with Crippen molar-refractivity contribution >= 4 is 11.6 Å². The van der Waals surface area contributed by atoms with Gasteiger partial charge in [-0.05, 0) is 44.1 Å². The minimum atomic E-state index is 0.603. The number of nitrogens with zero attached hydrogens (tertiary/aromatic N) is 2. The predicted molar refractivity (Wildman–Crippen MR) is 55.4 cm³/mol. The van der Waals surface area contributed by atoms with Crippen LogP contribution in [0.3, 0.4) is 0 Å². The van der Waals surface area contributed by atoms with E-state index in [1.165, 1.54) is 25.7 Å². The Hall–Kier alpha value is -0.630. The summed E-state index contributed by atoms with van der Waals surface area (Å²) >= 11 is 5.97. The van der Waals surface area contributed by atoms with Gasteiger partial charge < -0.3 is 0 Å². The zero-order chi connectivity index (χ0) is 9.54. The Labute approximate surface area is 88.7 Å². The van der Waals surface area contributed by atoms with Gasteiger partial charge in [-0.25, -0.2) is 9.97 Å². The van der Waals surface area contributed by atoms with Gasteiger partial charge in [-0.1, -0.05) is 11.6 Å². The highest BCUT2D eigenvalue weighted by Crippen LogP contribution is 2.39. The molecular formula is C11H13ClN2. The van der Waals surface area contributed by atoms with Crippen LogP contribution < -0.4 is 0 Å². The lowest BCUT2D eigenvalue weighted by Crippen LogP contribution is -1.99. The summed E-state index contributed by atoms with van der Waals surface area (Å²) < 4.78 is 0. The van der Waals surface area contributed by atoms with Crippen molar-refractivity contribution < 1.29 is 0 Å². The SMILES string of the molecule is Clc1cc(CC2CC2)nc(C2CC2)n1. The maximum absolute atomic E-state index is 5.97. The number of rotatable bonds is 3. The maximum Gasteiger partial charge on any atom is 0.133 e. The largest absolute Gasteiger partial charge is 0.238 e. The van der Waals surface area contributed by atoms with E-state index in [1.54, 1.807) is 0 Å². The van der Waals surface area contributed by atoms with E-state index in [4.69, 9.17) is 11.6 Å². The van der Waals surface area contributed by atoms with Crippen molar-refractivity contribution in [2.75, 3.05) is 0 Å². The van der Waals surface area contributed by atoms with E-state index >= 15 is 0 Å². The van der Waals surface area contributed by atoms with Gasteiger partial charge in [0.25, 0.3) is 0 Å². The number of halogens is 1. The molecule has 0 saturated heterocycles. The maximum atomic E-state index is 5.97. The smallest absolute Gasteiger partial charge is 0.133 e. The molecule has 0 unspecified atom stereocenters. The Morgan fingerprint density at radius 2 is 2.00 bits per heavy atom. The molecule has 1 heterocycles. The summed E-state index contributed by atoms with van der Waals surface area (Å²) in [5.74, 6) is 2.45. The van der Waals surface area contributed by atoms with Crippen LogP contribution in [0.5, 0.6) is 0 Å². The summed E-state index contributed by atoms with van der Waals surface area (Å²) in [4.78, 5) is 8.86. The second kappa shape index (κ2) is 3.20. The quantitative estimate of drug-likeness (QED) is 0.714. The third-order valence-electron chi connectivity index (χ3n) is 2.90. The van der Waals surface area contributed by atoms with Crippen LogP contribution in [-0.2, 0) is 6.42 Å². The zero-order valence-electron chi connectivity index (χ0n) is 8.04. The Balaban J connectivity index is 1.85. The number of hydrogen-bond acceptors (Lipinski definition) is 2. The minimum Gasteiger partial charge on any atom is -0.238 e. The molecule has 0 bridgehead atoms. The lowest BCUT2D eigenvalue weighted by Gasteiger charge is -2.02. The van der Waals surface area contributed by atoms with Gasteiger partial charge in [0.2, 0.25) is 0 Å². The van der Waals surface area contributed by atoms with E-state index < -0.39 is 0 Å². The molecule has 2 aliphatic rings. The van der Waals surface area contributed by atoms with Crippen LogP contribution in [0.1, 0.15) is 43.1 Å². The Morgan fingerprint density at radius 3 is 2.64 bits per heavy atom. The highest BCUT2D eigenvalue weighted by Gasteiger charge is 2.28. The monoisotopic (exact) mass is 208 g/mol. The van der Waals surface area contributed by atoms with Crippen molar-refractivity contribution in [3.05, 3.63) is 22.7 Å². The molecule has 2 nitrogen and oxygen atoms in total. The molecule has 3 rings (SSSR count). The van der Waals surface area contributed by atoms with E-state index in [2.05, 4.69) is 9.97 Å². The summed E-state index contributed by atoms with van der Waals surface area (Å²) in [5, 5.41) is 0.623. The van der Waals surface area contributed by atoms with Crippen LogP contribution in [0, 0.1) is 5.92 Å². The molecule has 14 heavy (non-hydrogen) atoms. The third-order valence-corrected chi connectivity index (χ3v) is 3.10. The fourth-order valence-corrected chi connectivity index (χ4v) is 1.94. The van der Waals surface area contributed by atoms with Crippen molar-refractivity contribution in [3.8, 4) is 0 Å². The lowest BCUT2D eigenvalue weighted by molar-refractivity contribution is 0.777. The van der Waals surface area contributed by atoms with Crippen molar-refractivity contribution in [3.63, 3.8) is 0 Å². The normalized spacial score (nSPS) is 21.2. The average Bonchev–Trinajstić information content (AvgIpc) is 2.99. The fraction of sp³-hybridized carbons (Fsp3) is 0.636. The summed E-state index contributed by atoms with van der Waals surface area (Å²) in [6, 6.07) is 1.92. The molecule has 0 spiro atoms. The molecule has 1 aromatic heterocycles. The second-order valence-corrected chi connectivity index (χ2v) is 4.85. The minimum absolute atomic E-state index is 0.603. The van der Waals surface area contributed by atoms with Gasteiger partial charge in [0.15, 0.2) is 0 Å². The molecule has 0 aromatic carbocycles. The van der Waals surface area contributed by atoms with E-state index in [0.29, 0.717) is 11.1 Å². The summed E-state index contributed by atoms with van der Waals surface area (Å²) in [5.41, 5.74) is 1.15. The van der Waals surface area contributed by atoms with Crippen molar-refractivity contribution in [1.29, 1.82) is 0 Å². The first kappa shape index (κ1) is 8.66. The van der Waals surface area contributed by atoms with Crippen molar-refractivity contribution in [2.24, 2.45) is 5.92 Å². The van der Waals surface area contributed by atoms with E-state index in [9.17, 15) is 0 Å². The van der Waals surface area contributed by atoms with Gasteiger partial charge in [0, 0.05) is 11.6 Å². The molecular weight excluding hydrogens is 196 g/mol. The summed E-state index contributed by atoms with van der Waals surface area (Å²) in [6.07, 6.45) is 6.30. The highest BCUT2D eigenvalue weighted by molar-refractivity contribution is 6.29.